The summed E-state index contributed by atoms with van der Waals surface area (Å²) in [6.07, 6.45) is 0. The van der Waals surface area contributed by atoms with Gasteiger partial charge in [0.1, 0.15) is 22.3 Å². The van der Waals surface area contributed by atoms with Crippen molar-refractivity contribution in [2.75, 3.05) is 10.2 Å². The molecule has 9 heteroatoms. The van der Waals surface area contributed by atoms with E-state index >= 15 is 0 Å². The van der Waals surface area contributed by atoms with Crippen molar-refractivity contribution in [1.82, 2.24) is 0 Å². The predicted octanol–water partition coefficient (Wildman–Crippen LogP) is 31.2. The second-order valence-corrected chi connectivity index (χ2v) is 32.4. The molecule has 4 nitrogen and oxygen atoms in total. The summed E-state index contributed by atoms with van der Waals surface area (Å²) < 4.78 is 23.9. The van der Waals surface area contributed by atoms with Crippen molar-refractivity contribution >= 4 is 279 Å². The minimum Gasteiger partial charge on any atom is -0.456 e. The van der Waals surface area contributed by atoms with Crippen LogP contribution in [0.1, 0.15) is 0 Å². The smallest absolute Gasteiger partial charge is 0.135 e. The molecule has 0 spiro atoms. The maximum atomic E-state index is 6.28. The van der Waals surface area contributed by atoms with Crippen molar-refractivity contribution < 1.29 is 8.83 Å². The minimum absolute atomic E-state index is 0.896. The molecule has 18 aromatic carbocycles. The summed E-state index contributed by atoms with van der Waals surface area (Å²) in [6, 6.07) is 119. The highest BCUT2D eigenvalue weighted by Crippen LogP contribution is 2.49. The van der Waals surface area contributed by atoms with Gasteiger partial charge < -0.3 is 19.1 Å². The molecule has 0 unspecified atom stereocenters. The summed E-state index contributed by atoms with van der Waals surface area (Å²) >= 11 is 11.1. The molecule has 24 rings (SSSR count). The van der Waals surface area contributed by atoms with Crippen LogP contribution in [-0.4, -0.2) is 0 Å². The number of benzene rings is 18. The molecule has 0 aliphatic carbocycles. The van der Waals surface area contributed by atoms with Crippen LogP contribution in [0.4, 0.5) is 28.4 Å². The van der Waals surface area contributed by atoms with E-state index in [9.17, 15) is 0 Å². The van der Waals surface area contributed by atoms with Gasteiger partial charge in [-0.2, -0.15) is 0 Å². The third-order valence-corrected chi connectivity index (χ3v) is 26.2. The Balaban J connectivity index is 0.000000109. The molecule has 0 aliphatic heterocycles. The summed E-state index contributed by atoms with van der Waals surface area (Å²) in [4.78, 5) is 2.42. The number of hydrogen-bond donors (Lipinski definition) is 1. The van der Waals surface area contributed by atoms with Crippen molar-refractivity contribution in [1.29, 1.82) is 0 Å². The highest BCUT2D eigenvalue weighted by Gasteiger charge is 2.22. The third kappa shape index (κ3) is 9.95. The normalized spacial score (nSPS) is 12.0. The van der Waals surface area contributed by atoms with Crippen molar-refractivity contribution in [3.63, 3.8) is 0 Å². The Morgan fingerprint density at radius 3 is 1.06 bits per heavy atom. The fraction of sp³-hybridized carbons (Fsp3) is 0. The molecule has 0 bridgehead atoms. The van der Waals surface area contributed by atoms with Crippen LogP contribution in [0.15, 0.2) is 341 Å². The molecule has 0 amide bonds. The average Bonchev–Trinajstić information content (AvgIpc) is 1.70. The van der Waals surface area contributed by atoms with E-state index in [-0.39, 0.29) is 0 Å². The van der Waals surface area contributed by atoms with E-state index in [4.69, 9.17) is 8.83 Å². The number of para-hydroxylation sites is 2. The molecule has 0 saturated heterocycles. The van der Waals surface area contributed by atoms with Gasteiger partial charge in [-0.25, -0.2) is 0 Å². The molecular formula is C96H55BrN2O2S4. The van der Waals surface area contributed by atoms with Crippen LogP contribution >= 0.6 is 61.3 Å². The zero-order valence-corrected chi connectivity index (χ0v) is 60.8. The van der Waals surface area contributed by atoms with Crippen molar-refractivity contribution in [2.45, 2.75) is 0 Å². The monoisotopic (exact) mass is 1470 g/mol. The number of fused-ring (bicyclic) bond motifs is 30. The van der Waals surface area contributed by atoms with Crippen LogP contribution in [0.5, 0.6) is 0 Å². The van der Waals surface area contributed by atoms with Crippen molar-refractivity contribution in [3.8, 4) is 0 Å². The number of thiophene rings is 4. The minimum atomic E-state index is 0.896. The lowest BCUT2D eigenvalue weighted by molar-refractivity contribution is 0.668. The van der Waals surface area contributed by atoms with Crippen molar-refractivity contribution in [2.24, 2.45) is 0 Å². The van der Waals surface area contributed by atoms with E-state index in [1.54, 1.807) is 0 Å². The summed E-state index contributed by atoms with van der Waals surface area (Å²) in [6.45, 7) is 0. The maximum absolute atomic E-state index is 6.28. The number of nitrogens with zero attached hydrogens (tertiary/aromatic N) is 1. The number of furan rings is 2. The standard InChI is InChI=1S/C48H27NOS2.C24H13BrS.C24H15NOS/c1-2-10-32-31(9-1)33-20-17-28(23-37(33)38-26-42-36-13-5-8-16-46(36)52-48(42)27-39(32)38)49(29-18-21-44-40(24-29)34-11-3-6-14-43(34)50-44)30-19-22-47-41(25-30)35-12-4-7-15-45(35)51-47;25-14-9-10-17-15-5-1-2-6-16(15)21-13-24-22(12-20(21)19(17)11-14)18-7-3-4-8-23(18)26-24;1-3-7-21-17(5-1)20-13-15(10-12-22(20)26-21)25-16-9-11-19-18-6-2-4-8-23(18)27-24(19)14-16/h1-27H;1-13H;1-14,25H. The lowest BCUT2D eigenvalue weighted by Gasteiger charge is -2.26. The first-order valence-electron chi connectivity index (χ1n) is 35.2. The number of nitrogens with one attached hydrogen (secondary N) is 1. The van der Waals surface area contributed by atoms with Gasteiger partial charge in [-0.15, -0.1) is 45.3 Å². The van der Waals surface area contributed by atoms with E-state index in [1.165, 1.54) is 145 Å². The zero-order chi connectivity index (χ0) is 69.0. The lowest BCUT2D eigenvalue weighted by Crippen LogP contribution is -2.09. The number of halogens is 1. The van der Waals surface area contributed by atoms with Gasteiger partial charge in [-0.3, -0.25) is 0 Å². The molecule has 0 radical (unpaired) electrons. The lowest BCUT2D eigenvalue weighted by atomic mass is 9.93. The molecular weight excluding hydrogens is 1420 g/mol. The maximum Gasteiger partial charge on any atom is 0.135 e. The Hall–Kier alpha value is -11.9. The van der Waals surface area contributed by atoms with Crippen LogP contribution in [-0.2, 0) is 0 Å². The van der Waals surface area contributed by atoms with Gasteiger partial charge in [-0.1, -0.05) is 192 Å². The summed E-state index contributed by atoms with van der Waals surface area (Å²) in [5.74, 6) is 0. The Morgan fingerprint density at radius 1 is 0.200 bits per heavy atom. The molecule has 492 valence electrons. The molecule has 24 aromatic rings. The van der Waals surface area contributed by atoms with Gasteiger partial charge >= 0.3 is 0 Å². The second-order valence-electron chi connectivity index (χ2n) is 27.1. The van der Waals surface area contributed by atoms with Crippen LogP contribution in [0.25, 0.3) is 189 Å². The Bertz CT molecular complexity index is 7650. The predicted molar refractivity (Wildman–Crippen MR) is 463 cm³/mol. The molecule has 0 aliphatic rings. The largest absolute Gasteiger partial charge is 0.456 e. The summed E-state index contributed by atoms with van der Waals surface area (Å²) in [7, 11) is 0. The number of rotatable bonds is 5. The molecule has 0 atom stereocenters. The zero-order valence-electron chi connectivity index (χ0n) is 56.0. The van der Waals surface area contributed by atoms with Gasteiger partial charge in [0.15, 0.2) is 0 Å². The Morgan fingerprint density at radius 2 is 0.505 bits per heavy atom. The molecule has 1 N–H and O–H groups in total. The summed E-state index contributed by atoms with van der Waals surface area (Å²) in [5, 5.41) is 34.3. The van der Waals surface area contributed by atoms with Crippen molar-refractivity contribution in [3.05, 3.63) is 332 Å². The second kappa shape index (κ2) is 24.1. The topological polar surface area (TPSA) is 41.6 Å². The Kier molecular flexibility index (Phi) is 13.9. The van der Waals surface area contributed by atoms with E-state index in [0.29, 0.717) is 0 Å². The van der Waals surface area contributed by atoms with E-state index < -0.39 is 0 Å². The first kappa shape index (κ1) is 60.6. The first-order chi connectivity index (χ1) is 51.9. The van der Waals surface area contributed by atoms with E-state index in [0.717, 1.165) is 76.8 Å². The third-order valence-electron chi connectivity index (χ3n) is 21.2. The fourth-order valence-corrected chi connectivity index (χ4v) is 21.2. The Labute approximate surface area is 624 Å². The van der Waals surface area contributed by atoms with E-state index in [1.807, 2.05) is 75.7 Å². The van der Waals surface area contributed by atoms with Gasteiger partial charge in [0.25, 0.3) is 0 Å². The molecule has 105 heavy (non-hydrogen) atoms. The number of hydrogen-bond acceptors (Lipinski definition) is 8. The van der Waals surface area contributed by atoms with Gasteiger partial charge in [0.05, 0.1) is 0 Å². The molecule has 0 fully saturated rings. The van der Waals surface area contributed by atoms with Crippen LogP contribution in [0.3, 0.4) is 0 Å². The van der Waals surface area contributed by atoms with Crippen LogP contribution in [0, 0.1) is 0 Å². The quantitative estimate of drug-likeness (QED) is 0.174. The molecule has 6 heterocycles. The van der Waals surface area contributed by atoms with Gasteiger partial charge in [0.2, 0.25) is 0 Å². The highest BCUT2D eigenvalue weighted by molar-refractivity contribution is 9.10. The highest BCUT2D eigenvalue weighted by atomic mass is 79.9. The first-order valence-corrected chi connectivity index (χ1v) is 39.2. The fourth-order valence-electron chi connectivity index (χ4n) is 16.4. The van der Waals surface area contributed by atoms with Crippen LogP contribution < -0.4 is 10.2 Å². The van der Waals surface area contributed by atoms with Gasteiger partial charge in [0, 0.05) is 135 Å². The van der Waals surface area contributed by atoms with E-state index in [2.05, 4.69) is 323 Å². The SMILES string of the molecule is Brc1ccc2c3ccccc3c3cc4sc5ccccc5c4cc3c2c1.c1ccc2c(c1)oc1ccc(N(c3ccc4sc5ccccc5c4c3)c3ccc4c5ccccc5c5cc6sc7ccccc7c6cc5c4c3)cc12.c1ccc2c(c1)oc1ccc(Nc3ccc4c(c3)sc3ccccc34)cc12. The molecule has 6 aromatic heterocycles. The summed E-state index contributed by atoms with van der Waals surface area (Å²) in [5.41, 5.74) is 9.14. The average molecular weight is 1480 g/mol. The molecule has 0 saturated carbocycles. The van der Waals surface area contributed by atoms with Crippen LogP contribution in [0.2, 0.25) is 0 Å². The number of anilines is 5. The van der Waals surface area contributed by atoms with Gasteiger partial charge in [-0.05, 0) is 216 Å².